The third-order valence-electron chi connectivity index (χ3n) is 1.95. The average molecular weight is 274 g/mol. The number of alkyl halides is 3. The monoisotopic (exact) mass is 273 g/mol. The highest BCUT2D eigenvalue weighted by atomic mass is 35.5. The molecule has 2 N–H and O–H groups in total. The molecule has 0 saturated heterocycles. The second kappa shape index (κ2) is 5.35. The Morgan fingerprint density at radius 2 is 2.12 bits per heavy atom. The molecule has 16 heavy (non-hydrogen) atoms. The van der Waals surface area contributed by atoms with Gasteiger partial charge in [0.15, 0.2) is 6.10 Å². The number of nitrogens with two attached hydrogens (primary N) is 1. The van der Waals surface area contributed by atoms with Gasteiger partial charge >= 0.3 is 6.18 Å². The number of halogens is 4. The van der Waals surface area contributed by atoms with E-state index in [1.807, 2.05) is 0 Å². The molecule has 0 fully saturated rings. The van der Waals surface area contributed by atoms with Crippen LogP contribution in [0.25, 0.3) is 0 Å². The zero-order chi connectivity index (χ0) is 12.3. The van der Waals surface area contributed by atoms with Gasteiger partial charge in [0, 0.05) is 11.4 Å². The second-order valence-electron chi connectivity index (χ2n) is 3.19. The van der Waals surface area contributed by atoms with Crippen molar-refractivity contribution in [1.82, 2.24) is 0 Å². The van der Waals surface area contributed by atoms with Gasteiger partial charge in [-0.2, -0.15) is 13.2 Å². The molecule has 0 aliphatic carbocycles. The zero-order valence-corrected chi connectivity index (χ0v) is 9.99. The highest BCUT2D eigenvalue weighted by Crippen LogP contribution is 2.32. The van der Waals surface area contributed by atoms with Gasteiger partial charge < -0.3 is 10.5 Å². The third-order valence-corrected chi connectivity index (χ3v) is 3.28. The summed E-state index contributed by atoms with van der Waals surface area (Å²) < 4.78 is 42.2. The lowest BCUT2D eigenvalue weighted by Gasteiger charge is -2.22. The highest BCUT2D eigenvalue weighted by molar-refractivity contribution is 7.16. The summed E-state index contributed by atoms with van der Waals surface area (Å²) in [5.41, 5.74) is 5.38. The number of hydrogen-bond donors (Lipinski definition) is 1. The minimum atomic E-state index is -4.38. The Kier molecular flexibility index (Phi) is 4.61. The van der Waals surface area contributed by atoms with E-state index in [-0.39, 0.29) is 6.54 Å². The van der Waals surface area contributed by atoms with Crippen LogP contribution in [-0.2, 0) is 4.74 Å². The van der Waals surface area contributed by atoms with Crippen LogP contribution in [0.2, 0.25) is 4.34 Å². The maximum absolute atomic E-state index is 12.3. The summed E-state index contributed by atoms with van der Waals surface area (Å²) in [5.74, 6) is 0. The Labute approximate surface area is 100 Å². The minimum absolute atomic E-state index is 0.0166. The fourth-order valence-electron chi connectivity index (χ4n) is 1.06. The fraction of sp³-hybridized carbons (Fsp3) is 0.556. The van der Waals surface area contributed by atoms with Crippen molar-refractivity contribution in [2.24, 2.45) is 5.73 Å². The number of rotatable bonds is 4. The molecule has 1 rings (SSSR count). The number of hydrogen-bond acceptors (Lipinski definition) is 3. The maximum Gasteiger partial charge on any atom is 0.414 e. The van der Waals surface area contributed by atoms with E-state index < -0.39 is 18.4 Å². The SMILES string of the molecule is CC(OC(CN)c1ccc(Cl)s1)C(F)(F)F. The summed E-state index contributed by atoms with van der Waals surface area (Å²) in [5, 5.41) is 0. The van der Waals surface area contributed by atoms with Gasteiger partial charge in [-0.15, -0.1) is 11.3 Å². The molecule has 1 heterocycles. The van der Waals surface area contributed by atoms with Crippen molar-refractivity contribution in [2.75, 3.05) is 6.54 Å². The summed E-state index contributed by atoms with van der Waals surface area (Å²) in [6.45, 7) is 0.940. The van der Waals surface area contributed by atoms with Crippen molar-refractivity contribution in [1.29, 1.82) is 0 Å². The summed E-state index contributed by atoms with van der Waals surface area (Å²) in [4.78, 5) is 0.601. The Hall–Kier alpha value is -0.300. The first kappa shape index (κ1) is 13.8. The quantitative estimate of drug-likeness (QED) is 0.913. The van der Waals surface area contributed by atoms with Crippen LogP contribution < -0.4 is 5.73 Å². The van der Waals surface area contributed by atoms with Gasteiger partial charge in [-0.05, 0) is 19.1 Å². The fourth-order valence-corrected chi connectivity index (χ4v) is 2.17. The molecule has 2 nitrogen and oxygen atoms in total. The molecule has 1 aromatic rings. The number of ether oxygens (including phenoxy) is 1. The van der Waals surface area contributed by atoms with Crippen LogP contribution in [0.3, 0.4) is 0 Å². The van der Waals surface area contributed by atoms with Crippen molar-refractivity contribution in [3.63, 3.8) is 0 Å². The van der Waals surface area contributed by atoms with Crippen LogP contribution in [0.1, 0.15) is 17.9 Å². The summed E-state index contributed by atoms with van der Waals surface area (Å²) in [7, 11) is 0. The van der Waals surface area contributed by atoms with E-state index in [2.05, 4.69) is 0 Å². The average Bonchev–Trinajstić information content (AvgIpc) is 2.59. The Morgan fingerprint density at radius 1 is 1.50 bits per heavy atom. The zero-order valence-electron chi connectivity index (χ0n) is 8.42. The molecule has 2 atom stereocenters. The molecular weight excluding hydrogens is 263 g/mol. The van der Waals surface area contributed by atoms with Gasteiger partial charge in [-0.25, -0.2) is 0 Å². The normalized spacial score (nSPS) is 16.1. The summed E-state index contributed by atoms with van der Waals surface area (Å²) in [6, 6.07) is 3.22. The van der Waals surface area contributed by atoms with Crippen LogP contribution in [0.4, 0.5) is 13.2 Å². The Balaban J connectivity index is 2.70. The van der Waals surface area contributed by atoms with Gasteiger partial charge in [0.1, 0.15) is 6.10 Å². The van der Waals surface area contributed by atoms with Crippen molar-refractivity contribution >= 4 is 22.9 Å². The van der Waals surface area contributed by atoms with E-state index in [4.69, 9.17) is 22.1 Å². The maximum atomic E-state index is 12.3. The largest absolute Gasteiger partial charge is 0.414 e. The molecule has 0 aromatic carbocycles. The summed E-state index contributed by atoms with van der Waals surface area (Å²) >= 11 is 6.85. The van der Waals surface area contributed by atoms with Gasteiger partial charge in [0.25, 0.3) is 0 Å². The molecule has 2 unspecified atom stereocenters. The van der Waals surface area contributed by atoms with Crippen LogP contribution >= 0.6 is 22.9 Å². The topological polar surface area (TPSA) is 35.2 Å². The summed E-state index contributed by atoms with van der Waals surface area (Å²) in [6.07, 6.45) is -7.00. The van der Waals surface area contributed by atoms with E-state index in [1.54, 1.807) is 12.1 Å². The molecule has 0 radical (unpaired) electrons. The van der Waals surface area contributed by atoms with Gasteiger partial charge in [-0.1, -0.05) is 11.6 Å². The minimum Gasteiger partial charge on any atom is -0.359 e. The molecule has 0 aliphatic rings. The van der Waals surface area contributed by atoms with Crippen LogP contribution in [-0.4, -0.2) is 18.8 Å². The Bertz CT molecular complexity index is 342. The van der Waals surface area contributed by atoms with E-state index in [0.29, 0.717) is 9.21 Å². The van der Waals surface area contributed by atoms with Crippen molar-refractivity contribution < 1.29 is 17.9 Å². The first-order valence-corrected chi connectivity index (χ1v) is 5.71. The van der Waals surface area contributed by atoms with Crippen molar-refractivity contribution in [3.05, 3.63) is 21.3 Å². The predicted octanol–water partition coefficient (Wildman–Crippen LogP) is 3.37. The predicted molar refractivity (Wildman–Crippen MR) is 57.7 cm³/mol. The second-order valence-corrected chi connectivity index (χ2v) is 4.93. The number of thiophene rings is 1. The lowest BCUT2D eigenvalue weighted by atomic mass is 10.3. The highest BCUT2D eigenvalue weighted by Gasteiger charge is 2.38. The lowest BCUT2D eigenvalue weighted by molar-refractivity contribution is -0.226. The third kappa shape index (κ3) is 3.62. The smallest absolute Gasteiger partial charge is 0.359 e. The van der Waals surface area contributed by atoms with E-state index in [9.17, 15) is 13.2 Å². The van der Waals surface area contributed by atoms with E-state index in [0.717, 1.165) is 6.92 Å². The lowest BCUT2D eigenvalue weighted by Crippen LogP contribution is -2.31. The Morgan fingerprint density at radius 3 is 2.50 bits per heavy atom. The van der Waals surface area contributed by atoms with Crippen molar-refractivity contribution in [3.8, 4) is 0 Å². The van der Waals surface area contributed by atoms with Gasteiger partial charge in [0.05, 0.1) is 4.34 Å². The molecule has 0 aliphatic heterocycles. The molecule has 0 bridgehead atoms. The molecule has 92 valence electrons. The molecule has 7 heteroatoms. The van der Waals surface area contributed by atoms with Crippen LogP contribution in [0.15, 0.2) is 12.1 Å². The first-order chi connectivity index (χ1) is 7.34. The molecule has 0 spiro atoms. The molecular formula is C9H11ClF3NOS. The van der Waals surface area contributed by atoms with E-state index in [1.165, 1.54) is 11.3 Å². The van der Waals surface area contributed by atoms with E-state index >= 15 is 0 Å². The van der Waals surface area contributed by atoms with Gasteiger partial charge in [-0.3, -0.25) is 0 Å². The molecule has 0 saturated carbocycles. The van der Waals surface area contributed by atoms with Crippen LogP contribution in [0.5, 0.6) is 0 Å². The van der Waals surface area contributed by atoms with Crippen molar-refractivity contribution in [2.45, 2.75) is 25.3 Å². The standard InChI is InChI=1S/C9H11ClF3NOS/c1-5(9(11,12)13)15-6(4-14)7-2-3-8(10)16-7/h2-3,5-6H,4,14H2,1H3. The molecule has 0 amide bonds. The molecule has 1 aromatic heterocycles. The van der Waals surface area contributed by atoms with Crippen LogP contribution in [0, 0.1) is 0 Å². The van der Waals surface area contributed by atoms with Gasteiger partial charge in [0.2, 0.25) is 0 Å². The first-order valence-electron chi connectivity index (χ1n) is 4.52.